The fourth-order valence-corrected chi connectivity index (χ4v) is 1.54. The fourth-order valence-electron chi connectivity index (χ4n) is 1.54. The molecule has 0 atom stereocenters. The van der Waals surface area contributed by atoms with Gasteiger partial charge in [0, 0.05) is 0 Å². The first-order chi connectivity index (χ1) is 8.69. The van der Waals surface area contributed by atoms with Crippen LogP contribution < -0.4 is 10.5 Å². The highest BCUT2D eigenvalue weighted by atomic mass is 16.5. The SMILES string of the molecule is CCOc1ccc(C=Nn2cc(C)nc2N)cc1. The van der Waals surface area contributed by atoms with Gasteiger partial charge in [0.2, 0.25) is 5.95 Å². The number of hydrogen-bond acceptors (Lipinski definition) is 4. The van der Waals surface area contributed by atoms with E-state index in [1.165, 1.54) is 0 Å². The molecule has 0 fully saturated rings. The van der Waals surface area contributed by atoms with Gasteiger partial charge in [0.05, 0.1) is 24.7 Å². The molecule has 2 N–H and O–H groups in total. The van der Waals surface area contributed by atoms with E-state index >= 15 is 0 Å². The zero-order valence-corrected chi connectivity index (χ0v) is 10.5. The second kappa shape index (κ2) is 5.35. The van der Waals surface area contributed by atoms with Crippen LogP contribution in [0.5, 0.6) is 5.75 Å². The third-order valence-electron chi connectivity index (χ3n) is 2.36. The summed E-state index contributed by atoms with van der Waals surface area (Å²) in [4.78, 5) is 4.07. The Morgan fingerprint density at radius 3 is 2.67 bits per heavy atom. The van der Waals surface area contributed by atoms with Gasteiger partial charge in [0.25, 0.3) is 0 Å². The zero-order valence-electron chi connectivity index (χ0n) is 10.5. The number of benzene rings is 1. The molecule has 0 aliphatic carbocycles. The molecule has 0 aliphatic heterocycles. The Morgan fingerprint density at radius 1 is 1.39 bits per heavy atom. The molecule has 0 bridgehead atoms. The van der Waals surface area contributed by atoms with Crippen molar-refractivity contribution in [2.75, 3.05) is 12.3 Å². The van der Waals surface area contributed by atoms with Crippen molar-refractivity contribution in [3.8, 4) is 5.75 Å². The van der Waals surface area contributed by atoms with Crippen LogP contribution in [-0.4, -0.2) is 22.5 Å². The largest absolute Gasteiger partial charge is 0.494 e. The van der Waals surface area contributed by atoms with Crippen molar-refractivity contribution >= 4 is 12.2 Å². The molecular weight excluding hydrogens is 228 g/mol. The summed E-state index contributed by atoms with van der Waals surface area (Å²) in [6, 6.07) is 7.70. The molecule has 0 spiro atoms. The molecule has 0 unspecified atom stereocenters. The van der Waals surface area contributed by atoms with E-state index in [0.717, 1.165) is 17.0 Å². The van der Waals surface area contributed by atoms with Crippen LogP contribution in [0.3, 0.4) is 0 Å². The molecule has 2 rings (SSSR count). The Morgan fingerprint density at radius 2 is 2.11 bits per heavy atom. The number of aryl methyl sites for hydroxylation is 1. The van der Waals surface area contributed by atoms with Crippen molar-refractivity contribution in [1.82, 2.24) is 9.66 Å². The minimum Gasteiger partial charge on any atom is -0.494 e. The van der Waals surface area contributed by atoms with Gasteiger partial charge in [-0.15, -0.1) is 0 Å². The number of aromatic nitrogens is 2. The molecule has 0 saturated heterocycles. The average Bonchev–Trinajstić information content (AvgIpc) is 2.67. The Kier molecular flexibility index (Phi) is 3.62. The monoisotopic (exact) mass is 244 g/mol. The second-order valence-corrected chi connectivity index (χ2v) is 3.83. The predicted molar refractivity (Wildman–Crippen MR) is 72.0 cm³/mol. The van der Waals surface area contributed by atoms with Crippen LogP contribution in [0.4, 0.5) is 5.95 Å². The molecule has 0 saturated carbocycles. The number of ether oxygens (including phenoxy) is 1. The van der Waals surface area contributed by atoms with Crippen molar-refractivity contribution in [1.29, 1.82) is 0 Å². The molecule has 5 heteroatoms. The van der Waals surface area contributed by atoms with Crippen molar-refractivity contribution in [2.45, 2.75) is 13.8 Å². The summed E-state index contributed by atoms with van der Waals surface area (Å²) in [5.41, 5.74) is 7.51. The summed E-state index contributed by atoms with van der Waals surface area (Å²) in [6.45, 7) is 4.50. The quantitative estimate of drug-likeness (QED) is 0.837. The maximum atomic E-state index is 5.69. The van der Waals surface area contributed by atoms with Gasteiger partial charge in [-0.05, 0) is 43.7 Å². The minimum absolute atomic E-state index is 0.384. The topological polar surface area (TPSA) is 65.4 Å². The van der Waals surface area contributed by atoms with Gasteiger partial charge >= 0.3 is 0 Å². The van der Waals surface area contributed by atoms with Gasteiger partial charge in [-0.1, -0.05) is 0 Å². The van der Waals surface area contributed by atoms with Gasteiger partial charge in [-0.2, -0.15) is 5.10 Å². The summed E-state index contributed by atoms with van der Waals surface area (Å²) in [5, 5.41) is 4.24. The van der Waals surface area contributed by atoms with Crippen LogP contribution in [0.2, 0.25) is 0 Å². The smallest absolute Gasteiger partial charge is 0.221 e. The van der Waals surface area contributed by atoms with Crippen LogP contribution in [0, 0.1) is 6.92 Å². The molecular formula is C13H16N4O. The molecule has 2 aromatic rings. The third-order valence-corrected chi connectivity index (χ3v) is 2.36. The number of rotatable bonds is 4. The highest BCUT2D eigenvalue weighted by Crippen LogP contribution is 2.11. The molecule has 1 aromatic heterocycles. The number of imidazole rings is 1. The molecule has 0 radical (unpaired) electrons. The average molecular weight is 244 g/mol. The minimum atomic E-state index is 0.384. The van der Waals surface area contributed by atoms with Crippen LogP contribution in [-0.2, 0) is 0 Å². The van der Waals surface area contributed by atoms with E-state index in [9.17, 15) is 0 Å². The second-order valence-electron chi connectivity index (χ2n) is 3.83. The molecule has 0 amide bonds. The molecule has 1 heterocycles. The van der Waals surface area contributed by atoms with Gasteiger partial charge < -0.3 is 10.5 Å². The highest BCUT2D eigenvalue weighted by molar-refractivity contribution is 5.79. The van der Waals surface area contributed by atoms with Crippen molar-refractivity contribution in [3.63, 3.8) is 0 Å². The maximum Gasteiger partial charge on any atom is 0.221 e. The van der Waals surface area contributed by atoms with Crippen LogP contribution >= 0.6 is 0 Å². The third kappa shape index (κ3) is 2.88. The van der Waals surface area contributed by atoms with Gasteiger partial charge in [-0.25, -0.2) is 9.66 Å². The highest BCUT2D eigenvalue weighted by Gasteiger charge is 1.98. The van der Waals surface area contributed by atoms with E-state index in [2.05, 4.69) is 10.1 Å². The lowest BCUT2D eigenvalue weighted by Crippen LogP contribution is -1.97. The van der Waals surface area contributed by atoms with Crippen LogP contribution in [0.25, 0.3) is 0 Å². The first-order valence-corrected chi connectivity index (χ1v) is 5.77. The summed E-state index contributed by atoms with van der Waals surface area (Å²) in [6.07, 6.45) is 3.51. The van der Waals surface area contributed by atoms with Gasteiger partial charge in [0.1, 0.15) is 5.75 Å². The van der Waals surface area contributed by atoms with Crippen molar-refractivity contribution < 1.29 is 4.74 Å². The van der Waals surface area contributed by atoms with E-state index in [1.807, 2.05) is 38.1 Å². The number of hydrogen-bond donors (Lipinski definition) is 1. The molecule has 1 aromatic carbocycles. The summed E-state index contributed by atoms with van der Waals surface area (Å²) >= 11 is 0. The zero-order chi connectivity index (χ0) is 13.0. The standard InChI is InChI=1S/C13H16N4O/c1-3-18-12-6-4-11(5-7-12)8-15-17-9-10(2)16-13(17)14/h4-9H,3H2,1-2H3,(H2,14,16). The van der Waals surface area contributed by atoms with Gasteiger partial charge in [0.15, 0.2) is 0 Å². The van der Waals surface area contributed by atoms with E-state index in [-0.39, 0.29) is 0 Å². The van der Waals surface area contributed by atoms with E-state index < -0.39 is 0 Å². The Labute approximate surface area is 106 Å². The number of anilines is 1. The number of nitrogen functional groups attached to an aromatic ring is 1. The van der Waals surface area contributed by atoms with E-state index in [0.29, 0.717) is 12.6 Å². The first-order valence-electron chi connectivity index (χ1n) is 5.77. The Hall–Kier alpha value is -2.30. The summed E-state index contributed by atoms with van der Waals surface area (Å²) < 4.78 is 6.91. The number of nitrogens with two attached hydrogens (primary N) is 1. The number of nitrogens with zero attached hydrogens (tertiary/aromatic N) is 3. The van der Waals surface area contributed by atoms with Gasteiger partial charge in [-0.3, -0.25) is 0 Å². The van der Waals surface area contributed by atoms with Crippen LogP contribution in [0.15, 0.2) is 35.6 Å². The lowest BCUT2D eigenvalue weighted by Gasteiger charge is -2.02. The Bertz CT molecular complexity index is 543. The first kappa shape index (κ1) is 12.2. The van der Waals surface area contributed by atoms with E-state index in [1.54, 1.807) is 17.1 Å². The normalized spacial score (nSPS) is 11.0. The lowest BCUT2D eigenvalue weighted by atomic mass is 10.2. The molecule has 18 heavy (non-hydrogen) atoms. The Balaban J connectivity index is 2.11. The van der Waals surface area contributed by atoms with Crippen LogP contribution in [0.1, 0.15) is 18.2 Å². The molecule has 0 aliphatic rings. The molecule has 5 nitrogen and oxygen atoms in total. The maximum absolute atomic E-state index is 5.69. The predicted octanol–water partition coefficient (Wildman–Crippen LogP) is 2.05. The fraction of sp³-hybridized carbons (Fsp3) is 0.231. The molecule has 94 valence electrons. The van der Waals surface area contributed by atoms with Crippen molar-refractivity contribution in [3.05, 3.63) is 41.7 Å². The summed E-state index contributed by atoms with van der Waals surface area (Å²) in [7, 11) is 0. The summed E-state index contributed by atoms with van der Waals surface area (Å²) in [5.74, 6) is 1.24. The van der Waals surface area contributed by atoms with E-state index in [4.69, 9.17) is 10.5 Å². The van der Waals surface area contributed by atoms with Crippen molar-refractivity contribution in [2.24, 2.45) is 5.10 Å². The lowest BCUT2D eigenvalue weighted by molar-refractivity contribution is 0.340.